The van der Waals surface area contributed by atoms with Crippen LogP contribution in [0.4, 0.5) is 5.69 Å². The number of benzene rings is 1. The molecule has 0 aliphatic carbocycles. The third-order valence-electron chi connectivity index (χ3n) is 1.96. The predicted molar refractivity (Wildman–Crippen MR) is 61.4 cm³/mol. The van der Waals surface area contributed by atoms with Crippen molar-refractivity contribution in [1.29, 1.82) is 0 Å². The number of ether oxygens (including phenoxy) is 1. The quantitative estimate of drug-likeness (QED) is 0.578. The molecule has 0 heterocycles. The zero-order valence-electron chi connectivity index (χ0n) is 8.98. The average molecular weight is 224 g/mol. The van der Waals surface area contributed by atoms with Gasteiger partial charge in [0, 0.05) is 17.8 Å². The Balaban J connectivity index is 2.36. The number of primary amides is 1. The van der Waals surface area contributed by atoms with Crippen molar-refractivity contribution >= 4 is 11.6 Å². The maximum atomic E-state index is 10.9. The lowest BCUT2D eigenvalue weighted by Crippen LogP contribution is -2.13. The molecule has 0 saturated carbocycles. The van der Waals surface area contributed by atoms with Crippen molar-refractivity contribution in [3.8, 4) is 0 Å². The van der Waals surface area contributed by atoms with Gasteiger partial charge in [-0.15, -0.1) is 0 Å². The molecule has 0 spiro atoms. The second-order valence-electron chi connectivity index (χ2n) is 3.21. The summed E-state index contributed by atoms with van der Waals surface area (Å²) >= 11 is 0. The standard InChI is InChI=1S/C11H16N2O3/c12-11(15)9-2-1-3-10(8-9)13-4-6-16-7-5-14/h1-3,8,13-14H,4-7H2,(H2,12,15). The molecule has 1 aromatic rings. The number of nitrogens with one attached hydrogen (secondary N) is 1. The first kappa shape index (κ1) is 12.5. The SMILES string of the molecule is NC(=O)c1cccc(NCCOCCO)c1. The minimum Gasteiger partial charge on any atom is -0.394 e. The minimum absolute atomic E-state index is 0.0250. The molecule has 1 amide bonds. The smallest absolute Gasteiger partial charge is 0.248 e. The van der Waals surface area contributed by atoms with Crippen LogP contribution >= 0.6 is 0 Å². The van der Waals surface area contributed by atoms with Crippen LogP contribution in [0.25, 0.3) is 0 Å². The molecule has 88 valence electrons. The van der Waals surface area contributed by atoms with Gasteiger partial charge < -0.3 is 20.9 Å². The average Bonchev–Trinajstić information content (AvgIpc) is 2.29. The summed E-state index contributed by atoms with van der Waals surface area (Å²) in [5.74, 6) is -0.444. The predicted octanol–water partition coefficient (Wildman–Crippen LogP) is 0.206. The number of carbonyl (C=O) groups excluding carboxylic acids is 1. The van der Waals surface area contributed by atoms with E-state index < -0.39 is 5.91 Å². The molecule has 1 rings (SSSR count). The first-order chi connectivity index (χ1) is 7.74. The lowest BCUT2D eigenvalue weighted by atomic mass is 10.2. The molecule has 0 aliphatic heterocycles. The largest absolute Gasteiger partial charge is 0.394 e. The third kappa shape index (κ3) is 4.29. The molecule has 0 radical (unpaired) electrons. The fraction of sp³-hybridized carbons (Fsp3) is 0.364. The monoisotopic (exact) mass is 224 g/mol. The highest BCUT2D eigenvalue weighted by atomic mass is 16.5. The molecule has 0 fully saturated rings. The minimum atomic E-state index is -0.444. The molecule has 0 aromatic heterocycles. The Bertz CT molecular complexity index is 342. The van der Waals surface area contributed by atoms with Crippen LogP contribution in [-0.4, -0.2) is 37.4 Å². The van der Waals surface area contributed by atoms with Crippen molar-refractivity contribution in [2.75, 3.05) is 31.7 Å². The van der Waals surface area contributed by atoms with E-state index in [4.69, 9.17) is 15.6 Å². The number of carbonyl (C=O) groups is 1. The topological polar surface area (TPSA) is 84.6 Å². The second kappa shape index (κ2) is 6.81. The fourth-order valence-electron chi connectivity index (χ4n) is 1.22. The zero-order chi connectivity index (χ0) is 11.8. The van der Waals surface area contributed by atoms with Crippen molar-refractivity contribution in [3.05, 3.63) is 29.8 Å². The van der Waals surface area contributed by atoms with Crippen LogP contribution < -0.4 is 11.1 Å². The van der Waals surface area contributed by atoms with Gasteiger partial charge >= 0.3 is 0 Å². The van der Waals surface area contributed by atoms with Crippen molar-refractivity contribution in [3.63, 3.8) is 0 Å². The van der Waals surface area contributed by atoms with Gasteiger partial charge in [-0.1, -0.05) is 6.07 Å². The lowest BCUT2D eigenvalue weighted by molar-refractivity contribution is 0.0992. The Morgan fingerprint density at radius 1 is 1.44 bits per heavy atom. The maximum Gasteiger partial charge on any atom is 0.248 e. The van der Waals surface area contributed by atoms with Crippen LogP contribution in [0, 0.1) is 0 Å². The highest BCUT2D eigenvalue weighted by Crippen LogP contribution is 2.09. The van der Waals surface area contributed by atoms with Crippen LogP contribution in [0.5, 0.6) is 0 Å². The van der Waals surface area contributed by atoms with E-state index in [-0.39, 0.29) is 6.61 Å². The highest BCUT2D eigenvalue weighted by Gasteiger charge is 2.00. The number of anilines is 1. The maximum absolute atomic E-state index is 10.9. The van der Waals surface area contributed by atoms with E-state index in [0.717, 1.165) is 5.69 Å². The van der Waals surface area contributed by atoms with E-state index in [9.17, 15) is 4.79 Å². The van der Waals surface area contributed by atoms with E-state index >= 15 is 0 Å². The first-order valence-corrected chi connectivity index (χ1v) is 5.06. The summed E-state index contributed by atoms with van der Waals surface area (Å²) in [6.07, 6.45) is 0. The Morgan fingerprint density at radius 3 is 2.94 bits per heavy atom. The molecule has 0 atom stereocenters. The number of hydrogen-bond donors (Lipinski definition) is 3. The van der Waals surface area contributed by atoms with Crippen LogP contribution in [0.3, 0.4) is 0 Å². The van der Waals surface area contributed by atoms with Crippen molar-refractivity contribution < 1.29 is 14.6 Å². The van der Waals surface area contributed by atoms with E-state index in [1.807, 2.05) is 6.07 Å². The Morgan fingerprint density at radius 2 is 2.25 bits per heavy atom. The molecular weight excluding hydrogens is 208 g/mol. The molecule has 0 saturated heterocycles. The van der Waals surface area contributed by atoms with Gasteiger partial charge in [0.1, 0.15) is 0 Å². The van der Waals surface area contributed by atoms with Crippen molar-refractivity contribution in [2.24, 2.45) is 5.73 Å². The Labute approximate surface area is 94.2 Å². The summed E-state index contributed by atoms with van der Waals surface area (Å²) in [5.41, 5.74) is 6.45. The van der Waals surface area contributed by atoms with Gasteiger partial charge in [0.25, 0.3) is 0 Å². The van der Waals surface area contributed by atoms with E-state index in [0.29, 0.717) is 25.3 Å². The van der Waals surface area contributed by atoms with Crippen LogP contribution in [0.15, 0.2) is 24.3 Å². The number of hydrogen-bond acceptors (Lipinski definition) is 4. The number of amides is 1. The van der Waals surface area contributed by atoms with Crippen molar-refractivity contribution in [1.82, 2.24) is 0 Å². The number of aliphatic hydroxyl groups excluding tert-OH is 1. The molecule has 5 heteroatoms. The summed E-state index contributed by atoms with van der Waals surface area (Å²) in [4.78, 5) is 10.9. The van der Waals surface area contributed by atoms with E-state index in [1.54, 1.807) is 18.2 Å². The summed E-state index contributed by atoms with van der Waals surface area (Å²) < 4.78 is 5.08. The van der Waals surface area contributed by atoms with E-state index in [1.165, 1.54) is 0 Å². The van der Waals surface area contributed by atoms with Gasteiger partial charge in [-0.05, 0) is 18.2 Å². The molecule has 0 aliphatic rings. The summed E-state index contributed by atoms with van der Waals surface area (Å²) in [5, 5.41) is 11.6. The van der Waals surface area contributed by atoms with Crippen LogP contribution in [0.1, 0.15) is 10.4 Å². The molecule has 0 unspecified atom stereocenters. The van der Waals surface area contributed by atoms with Gasteiger partial charge in [0.2, 0.25) is 5.91 Å². The third-order valence-corrected chi connectivity index (χ3v) is 1.96. The normalized spacial score (nSPS) is 10.1. The number of rotatable bonds is 7. The van der Waals surface area contributed by atoms with Crippen LogP contribution in [0.2, 0.25) is 0 Å². The molecular formula is C11H16N2O3. The summed E-state index contributed by atoms with van der Waals surface area (Å²) in [6, 6.07) is 6.96. The second-order valence-corrected chi connectivity index (χ2v) is 3.21. The fourth-order valence-corrected chi connectivity index (χ4v) is 1.22. The molecule has 5 nitrogen and oxygen atoms in total. The van der Waals surface area contributed by atoms with Crippen molar-refractivity contribution in [2.45, 2.75) is 0 Å². The number of nitrogens with two attached hydrogens (primary N) is 1. The molecule has 0 bridgehead atoms. The summed E-state index contributed by atoms with van der Waals surface area (Å²) in [6.45, 7) is 1.48. The van der Waals surface area contributed by atoms with Gasteiger partial charge in [-0.3, -0.25) is 4.79 Å². The molecule has 16 heavy (non-hydrogen) atoms. The molecule has 1 aromatic carbocycles. The van der Waals surface area contributed by atoms with Crippen LogP contribution in [-0.2, 0) is 4.74 Å². The first-order valence-electron chi connectivity index (χ1n) is 5.06. The van der Waals surface area contributed by atoms with E-state index in [2.05, 4.69) is 5.32 Å². The molecule has 4 N–H and O–H groups in total. The Kier molecular flexibility index (Phi) is 5.31. The zero-order valence-corrected chi connectivity index (χ0v) is 8.98. The highest BCUT2D eigenvalue weighted by molar-refractivity contribution is 5.93. The Hall–Kier alpha value is -1.59. The summed E-state index contributed by atoms with van der Waals surface area (Å²) in [7, 11) is 0. The lowest BCUT2D eigenvalue weighted by Gasteiger charge is -2.07. The van der Waals surface area contributed by atoms with Gasteiger partial charge in [-0.25, -0.2) is 0 Å². The number of aliphatic hydroxyl groups is 1. The van der Waals surface area contributed by atoms with Gasteiger partial charge in [0.15, 0.2) is 0 Å². The van der Waals surface area contributed by atoms with Gasteiger partial charge in [0.05, 0.1) is 19.8 Å². The van der Waals surface area contributed by atoms with Gasteiger partial charge in [-0.2, -0.15) is 0 Å².